The summed E-state index contributed by atoms with van der Waals surface area (Å²) in [5.41, 5.74) is 1.73. The summed E-state index contributed by atoms with van der Waals surface area (Å²) in [5, 5.41) is 0. The molecule has 2 fully saturated rings. The third-order valence-corrected chi connectivity index (χ3v) is 7.48. The lowest BCUT2D eigenvalue weighted by atomic mass is 9.73. The molecule has 0 spiro atoms. The van der Waals surface area contributed by atoms with Gasteiger partial charge in [-0.25, -0.2) is 0 Å². The van der Waals surface area contributed by atoms with Crippen LogP contribution >= 0.6 is 0 Å². The van der Waals surface area contributed by atoms with Crippen molar-refractivity contribution in [3.63, 3.8) is 0 Å². The molecule has 0 bridgehead atoms. The van der Waals surface area contributed by atoms with Crippen molar-refractivity contribution in [1.29, 1.82) is 0 Å². The van der Waals surface area contributed by atoms with E-state index in [1.54, 1.807) is 0 Å². The molecule has 3 amide bonds. The average molecular weight is 477 g/mol. The number of likely N-dealkylation sites (tertiary alicyclic amines) is 1. The zero-order valence-electron chi connectivity index (χ0n) is 21.2. The topological polar surface area (TPSA) is 64.2 Å². The van der Waals surface area contributed by atoms with E-state index in [-0.39, 0.29) is 36.6 Å². The highest BCUT2D eigenvalue weighted by molar-refractivity contribution is 6.11. The highest BCUT2D eigenvalue weighted by Gasteiger charge is 2.54. The van der Waals surface area contributed by atoms with E-state index < -0.39 is 5.41 Å². The molecule has 0 saturated carbocycles. The van der Waals surface area contributed by atoms with Gasteiger partial charge in [0.05, 0.1) is 11.5 Å². The maximum absolute atomic E-state index is 13.9. The third-order valence-electron chi connectivity index (χ3n) is 7.48. The minimum atomic E-state index is -1.16. The molecular weight excluding hydrogens is 440 g/mol. The first-order valence-corrected chi connectivity index (χ1v) is 12.3. The van der Waals surface area contributed by atoms with Gasteiger partial charge in [0.1, 0.15) is 0 Å². The summed E-state index contributed by atoms with van der Waals surface area (Å²) in [7, 11) is 5.91. The number of hydrogen-bond donors (Lipinski definition) is 0. The van der Waals surface area contributed by atoms with Crippen molar-refractivity contribution in [2.45, 2.75) is 31.2 Å². The summed E-state index contributed by atoms with van der Waals surface area (Å²) in [6.07, 6.45) is 0.0395. The van der Waals surface area contributed by atoms with Crippen molar-refractivity contribution in [3.8, 4) is 0 Å². The Morgan fingerprint density at radius 2 is 1.71 bits per heavy atom. The Balaban J connectivity index is 1.62. The van der Waals surface area contributed by atoms with Crippen LogP contribution in [0.1, 0.15) is 35.6 Å². The van der Waals surface area contributed by atoms with Gasteiger partial charge in [-0.2, -0.15) is 0 Å². The van der Waals surface area contributed by atoms with Crippen LogP contribution < -0.4 is 0 Å². The van der Waals surface area contributed by atoms with Gasteiger partial charge in [-0.3, -0.25) is 24.2 Å². The number of rotatable bonds is 7. The second kappa shape index (κ2) is 10.3. The molecule has 0 radical (unpaired) electrons. The number of carbonyl (C=O) groups is 3. The number of aryl methyl sites for hydroxylation is 1. The molecule has 2 aliphatic rings. The lowest BCUT2D eigenvalue weighted by Crippen LogP contribution is -2.51. The maximum Gasteiger partial charge on any atom is 0.240 e. The van der Waals surface area contributed by atoms with Crippen molar-refractivity contribution in [1.82, 2.24) is 19.6 Å². The smallest absolute Gasteiger partial charge is 0.240 e. The fraction of sp³-hybridized carbons (Fsp3) is 0.464. The zero-order chi connectivity index (χ0) is 25.2. The van der Waals surface area contributed by atoms with Gasteiger partial charge in [-0.15, -0.1) is 0 Å². The molecule has 7 heteroatoms. The Kier molecular flexibility index (Phi) is 7.38. The Morgan fingerprint density at radius 1 is 1.03 bits per heavy atom. The number of hydrogen-bond acceptors (Lipinski definition) is 5. The van der Waals surface area contributed by atoms with Crippen LogP contribution in [0, 0.1) is 6.92 Å². The molecule has 4 rings (SSSR count). The van der Waals surface area contributed by atoms with E-state index in [9.17, 15) is 14.4 Å². The van der Waals surface area contributed by atoms with Crippen LogP contribution in [0.15, 0.2) is 54.6 Å². The molecule has 35 heavy (non-hydrogen) atoms. The molecule has 2 aliphatic heterocycles. The normalized spacial score (nSPS) is 23.4. The van der Waals surface area contributed by atoms with E-state index in [0.29, 0.717) is 26.2 Å². The van der Waals surface area contributed by atoms with Gasteiger partial charge >= 0.3 is 0 Å². The van der Waals surface area contributed by atoms with Crippen LogP contribution in [0.4, 0.5) is 0 Å². The predicted molar refractivity (Wildman–Crippen MR) is 136 cm³/mol. The number of imide groups is 1. The first kappa shape index (κ1) is 25.1. The molecule has 7 nitrogen and oxygen atoms in total. The Bertz CT molecular complexity index is 1090. The van der Waals surface area contributed by atoms with Crippen molar-refractivity contribution >= 4 is 17.7 Å². The van der Waals surface area contributed by atoms with E-state index >= 15 is 0 Å². The van der Waals surface area contributed by atoms with E-state index in [1.165, 1.54) is 10.5 Å². The standard InChI is InChI=1S/C28H36N4O3/c1-21-10-8-9-13-23(21)28(19-26(34)32(27(28)35)17-14-29(2)3)18-25(33)31-16-15-30(4)24(20-31)22-11-6-5-7-12-22/h5-13,24H,14-20H2,1-4H3/t24-,28+/m0/s1. The van der Waals surface area contributed by atoms with Crippen molar-refractivity contribution in [2.75, 3.05) is 53.9 Å². The summed E-state index contributed by atoms with van der Waals surface area (Å²) in [6.45, 7) is 4.79. The number of amides is 3. The maximum atomic E-state index is 13.9. The minimum Gasteiger partial charge on any atom is -0.339 e. The molecule has 2 aromatic rings. The van der Waals surface area contributed by atoms with E-state index in [0.717, 1.165) is 17.7 Å². The van der Waals surface area contributed by atoms with Crippen molar-refractivity contribution in [2.24, 2.45) is 0 Å². The van der Waals surface area contributed by atoms with Crippen LogP contribution in [0.3, 0.4) is 0 Å². The van der Waals surface area contributed by atoms with Crippen LogP contribution in [0.5, 0.6) is 0 Å². The summed E-state index contributed by atoms with van der Waals surface area (Å²) < 4.78 is 0. The van der Waals surface area contributed by atoms with Crippen LogP contribution in [-0.4, -0.2) is 91.2 Å². The summed E-state index contributed by atoms with van der Waals surface area (Å²) in [4.78, 5) is 48.2. The van der Waals surface area contributed by atoms with Gasteiger partial charge in [0, 0.05) is 45.6 Å². The van der Waals surface area contributed by atoms with Crippen LogP contribution in [-0.2, 0) is 19.8 Å². The van der Waals surface area contributed by atoms with Gasteiger partial charge in [0.25, 0.3) is 0 Å². The second-order valence-corrected chi connectivity index (χ2v) is 10.2. The number of benzene rings is 2. The Labute approximate surface area is 208 Å². The zero-order valence-corrected chi connectivity index (χ0v) is 21.2. The Hall–Kier alpha value is -3.03. The van der Waals surface area contributed by atoms with Crippen LogP contribution in [0.2, 0.25) is 0 Å². The molecule has 0 N–H and O–H groups in total. The largest absolute Gasteiger partial charge is 0.339 e. The van der Waals surface area contributed by atoms with Gasteiger partial charge in [-0.05, 0) is 44.8 Å². The summed E-state index contributed by atoms with van der Waals surface area (Å²) in [6, 6.07) is 18.0. The van der Waals surface area contributed by atoms with E-state index in [4.69, 9.17) is 0 Å². The molecule has 2 saturated heterocycles. The molecule has 0 aromatic heterocycles. The Morgan fingerprint density at radius 3 is 2.40 bits per heavy atom. The highest BCUT2D eigenvalue weighted by atomic mass is 16.2. The summed E-state index contributed by atoms with van der Waals surface area (Å²) >= 11 is 0. The average Bonchev–Trinajstić information content (AvgIpc) is 3.08. The first-order valence-electron chi connectivity index (χ1n) is 12.3. The van der Waals surface area contributed by atoms with Gasteiger partial charge in [-0.1, -0.05) is 54.6 Å². The number of likely N-dealkylation sites (N-methyl/N-ethyl adjacent to an activating group) is 2. The summed E-state index contributed by atoms with van der Waals surface area (Å²) in [5.74, 6) is -0.521. The second-order valence-electron chi connectivity index (χ2n) is 10.2. The van der Waals surface area contributed by atoms with Crippen molar-refractivity contribution < 1.29 is 14.4 Å². The van der Waals surface area contributed by atoms with E-state index in [2.05, 4.69) is 24.1 Å². The van der Waals surface area contributed by atoms with Gasteiger partial charge in [0.2, 0.25) is 17.7 Å². The lowest BCUT2D eigenvalue weighted by Gasteiger charge is -2.41. The molecule has 186 valence electrons. The molecule has 2 aromatic carbocycles. The molecule has 0 unspecified atom stereocenters. The lowest BCUT2D eigenvalue weighted by molar-refractivity contribution is -0.143. The quantitative estimate of drug-likeness (QED) is 0.575. The fourth-order valence-corrected chi connectivity index (χ4v) is 5.39. The fourth-order valence-electron chi connectivity index (χ4n) is 5.39. The number of nitrogens with zero attached hydrogens (tertiary/aromatic N) is 4. The van der Waals surface area contributed by atoms with Crippen molar-refractivity contribution in [3.05, 3.63) is 71.3 Å². The first-order chi connectivity index (χ1) is 16.7. The molecular formula is C28H36N4O3. The van der Waals surface area contributed by atoms with Gasteiger partial charge in [0.15, 0.2) is 0 Å². The third kappa shape index (κ3) is 5.02. The van der Waals surface area contributed by atoms with Gasteiger partial charge < -0.3 is 9.80 Å². The monoisotopic (exact) mass is 476 g/mol. The minimum absolute atomic E-state index is 0.00607. The predicted octanol–water partition coefficient (Wildman–Crippen LogP) is 2.46. The number of piperazine rings is 1. The SMILES string of the molecule is Cc1ccccc1[C@@]1(CC(=O)N2CCN(C)[C@H](c3ccccc3)C2)CC(=O)N(CCN(C)C)C1=O. The van der Waals surface area contributed by atoms with Crippen LogP contribution in [0.25, 0.3) is 0 Å². The molecule has 2 heterocycles. The molecule has 0 aliphatic carbocycles. The highest BCUT2D eigenvalue weighted by Crippen LogP contribution is 2.42. The number of carbonyl (C=O) groups excluding carboxylic acids is 3. The van der Waals surface area contributed by atoms with E-state index in [1.807, 2.05) is 73.3 Å². The molecule has 2 atom stereocenters.